The molecule has 1 aromatic carbocycles. The number of hydrogen-bond acceptors (Lipinski definition) is 4. The van der Waals surface area contributed by atoms with Gasteiger partial charge in [-0.15, -0.1) is 0 Å². The molecule has 2 aliphatic heterocycles. The van der Waals surface area contributed by atoms with E-state index in [9.17, 15) is 0 Å². The highest BCUT2D eigenvalue weighted by Gasteiger charge is 2.32. The monoisotopic (exact) mass is 290 g/mol. The van der Waals surface area contributed by atoms with Crippen LogP contribution in [0.2, 0.25) is 0 Å². The first-order valence-electron chi connectivity index (χ1n) is 8.00. The molecule has 0 spiro atoms. The second-order valence-electron chi connectivity index (χ2n) is 6.32. The second-order valence-corrected chi connectivity index (χ2v) is 6.32. The fourth-order valence-corrected chi connectivity index (χ4v) is 3.55. The normalized spacial score (nSPS) is 29.6. The number of rotatable bonds is 3. The molecule has 1 fully saturated rings. The molecule has 1 aromatic rings. The Kier molecular flexibility index (Phi) is 4.36. The number of nitrogens with two attached hydrogens (primary N) is 1. The molecule has 0 bridgehead atoms. The van der Waals surface area contributed by atoms with E-state index in [4.69, 9.17) is 15.2 Å². The number of para-hydroxylation sites is 1. The Hall–Kier alpha value is -1.26. The van der Waals surface area contributed by atoms with Gasteiger partial charge < -0.3 is 20.1 Å². The Labute approximate surface area is 127 Å². The second kappa shape index (κ2) is 6.24. The maximum Gasteiger partial charge on any atom is 0.165 e. The van der Waals surface area contributed by atoms with Crippen molar-refractivity contribution in [2.45, 2.75) is 38.3 Å². The molecule has 1 saturated heterocycles. The molecule has 4 nitrogen and oxygen atoms in total. The number of piperidine rings is 1. The minimum absolute atomic E-state index is 0.0259. The maximum absolute atomic E-state index is 6.51. The van der Waals surface area contributed by atoms with Crippen LogP contribution in [0.5, 0.6) is 11.5 Å². The first kappa shape index (κ1) is 14.7. The fraction of sp³-hybridized carbons (Fsp3) is 0.647. The highest BCUT2D eigenvalue weighted by molar-refractivity contribution is 5.49. The highest BCUT2D eigenvalue weighted by atomic mass is 16.5. The van der Waals surface area contributed by atoms with Crippen LogP contribution in [0.1, 0.15) is 37.8 Å². The summed E-state index contributed by atoms with van der Waals surface area (Å²) >= 11 is 0. The highest BCUT2D eigenvalue weighted by Crippen LogP contribution is 2.40. The van der Waals surface area contributed by atoms with Crippen molar-refractivity contribution in [3.05, 3.63) is 23.8 Å². The van der Waals surface area contributed by atoms with Crippen molar-refractivity contribution in [2.24, 2.45) is 11.7 Å². The van der Waals surface area contributed by atoms with Crippen LogP contribution in [0.15, 0.2) is 18.2 Å². The predicted octanol–water partition coefficient (Wildman–Crippen LogP) is 2.58. The molecule has 3 atom stereocenters. The molecule has 21 heavy (non-hydrogen) atoms. The molecule has 0 aliphatic carbocycles. The van der Waals surface area contributed by atoms with Gasteiger partial charge in [0.05, 0.1) is 13.7 Å². The fourth-order valence-electron chi connectivity index (χ4n) is 3.55. The summed E-state index contributed by atoms with van der Waals surface area (Å²) in [6.07, 6.45) is 3.95. The van der Waals surface area contributed by atoms with Gasteiger partial charge in [-0.05, 0) is 32.4 Å². The van der Waals surface area contributed by atoms with Crippen LogP contribution in [0, 0.1) is 5.92 Å². The van der Waals surface area contributed by atoms with Gasteiger partial charge in [-0.2, -0.15) is 0 Å². The summed E-state index contributed by atoms with van der Waals surface area (Å²) in [6.45, 7) is 5.22. The number of likely N-dealkylation sites (tertiary alicyclic amines) is 1. The summed E-state index contributed by atoms with van der Waals surface area (Å²) in [7, 11) is 1.67. The summed E-state index contributed by atoms with van der Waals surface area (Å²) in [5, 5.41) is 0. The van der Waals surface area contributed by atoms with Crippen LogP contribution >= 0.6 is 0 Å². The van der Waals surface area contributed by atoms with E-state index in [1.54, 1.807) is 7.11 Å². The average Bonchev–Trinajstić information content (AvgIpc) is 2.51. The van der Waals surface area contributed by atoms with E-state index in [0.29, 0.717) is 18.6 Å². The van der Waals surface area contributed by atoms with Gasteiger partial charge in [-0.3, -0.25) is 0 Å². The first-order valence-corrected chi connectivity index (χ1v) is 8.00. The smallest absolute Gasteiger partial charge is 0.165 e. The lowest BCUT2D eigenvalue weighted by Gasteiger charge is -2.39. The standard InChI is InChI=1S/C17H26N2O2/c1-12-6-3-4-9-19(12)10-13-11-21-17-14(16(13)18)7-5-8-15(17)20-2/h5,7-8,12-13,16H,3-4,6,9-11,18H2,1-2H3. The predicted molar refractivity (Wildman–Crippen MR) is 83.8 cm³/mol. The van der Waals surface area contributed by atoms with Gasteiger partial charge in [0.1, 0.15) is 0 Å². The lowest BCUT2D eigenvalue weighted by Crippen LogP contribution is -2.45. The van der Waals surface area contributed by atoms with Crippen molar-refractivity contribution in [1.82, 2.24) is 4.90 Å². The van der Waals surface area contributed by atoms with Crippen molar-refractivity contribution < 1.29 is 9.47 Å². The molecule has 2 aliphatic rings. The Balaban J connectivity index is 1.74. The zero-order valence-electron chi connectivity index (χ0n) is 13.0. The molecule has 4 heteroatoms. The number of methoxy groups -OCH3 is 1. The summed E-state index contributed by atoms with van der Waals surface area (Å²) in [5.41, 5.74) is 7.59. The van der Waals surface area contributed by atoms with Gasteiger partial charge in [0, 0.05) is 30.1 Å². The minimum atomic E-state index is 0.0259. The molecule has 3 unspecified atom stereocenters. The van der Waals surface area contributed by atoms with Gasteiger partial charge in [0.2, 0.25) is 0 Å². The third-order valence-corrected chi connectivity index (χ3v) is 4.95. The van der Waals surface area contributed by atoms with E-state index in [0.717, 1.165) is 23.6 Å². The Morgan fingerprint density at radius 3 is 3.00 bits per heavy atom. The van der Waals surface area contributed by atoms with Crippen LogP contribution < -0.4 is 15.2 Å². The largest absolute Gasteiger partial charge is 0.493 e. The molecule has 2 N–H and O–H groups in total. The number of ether oxygens (including phenoxy) is 2. The molecule has 2 heterocycles. The van der Waals surface area contributed by atoms with Gasteiger partial charge in [-0.25, -0.2) is 0 Å². The lowest BCUT2D eigenvalue weighted by atomic mass is 9.89. The SMILES string of the molecule is COc1cccc2c1OCC(CN1CCCCC1C)C2N. The number of nitrogens with zero attached hydrogens (tertiary/aromatic N) is 1. The molecular formula is C17H26N2O2. The van der Waals surface area contributed by atoms with Crippen LogP contribution in [0.25, 0.3) is 0 Å². The van der Waals surface area contributed by atoms with Gasteiger partial charge in [-0.1, -0.05) is 18.6 Å². The molecule has 0 amide bonds. The van der Waals surface area contributed by atoms with E-state index in [1.165, 1.54) is 25.8 Å². The summed E-state index contributed by atoms with van der Waals surface area (Å²) in [6, 6.07) is 6.68. The summed E-state index contributed by atoms with van der Waals surface area (Å²) < 4.78 is 11.3. The molecule has 0 saturated carbocycles. The van der Waals surface area contributed by atoms with Crippen molar-refractivity contribution >= 4 is 0 Å². The van der Waals surface area contributed by atoms with Crippen molar-refractivity contribution in [3.63, 3.8) is 0 Å². The number of benzene rings is 1. The van der Waals surface area contributed by atoms with Gasteiger partial charge >= 0.3 is 0 Å². The van der Waals surface area contributed by atoms with E-state index < -0.39 is 0 Å². The molecular weight excluding hydrogens is 264 g/mol. The minimum Gasteiger partial charge on any atom is -0.493 e. The third kappa shape index (κ3) is 2.87. The first-order chi connectivity index (χ1) is 10.2. The quantitative estimate of drug-likeness (QED) is 0.929. The van der Waals surface area contributed by atoms with Crippen LogP contribution in [-0.4, -0.2) is 37.7 Å². The Bertz CT molecular complexity index is 492. The average molecular weight is 290 g/mol. The zero-order chi connectivity index (χ0) is 14.8. The van der Waals surface area contributed by atoms with Crippen LogP contribution in [0.4, 0.5) is 0 Å². The molecule has 0 radical (unpaired) electrons. The van der Waals surface area contributed by atoms with Crippen LogP contribution in [0.3, 0.4) is 0 Å². The summed E-state index contributed by atoms with van der Waals surface area (Å²) in [4.78, 5) is 2.57. The van der Waals surface area contributed by atoms with Crippen molar-refractivity contribution in [3.8, 4) is 11.5 Å². The van der Waals surface area contributed by atoms with E-state index in [-0.39, 0.29) is 6.04 Å². The third-order valence-electron chi connectivity index (χ3n) is 4.95. The Morgan fingerprint density at radius 2 is 2.24 bits per heavy atom. The molecule has 116 valence electrons. The van der Waals surface area contributed by atoms with E-state index >= 15 is 0 Å². The zero-order valence-corrected chi connectivity index (χ0v) is 13.0. The Morgan fingerprint density at radius 1 is 1.38 bits per heavy atom. The molecule has 3 rings (SSSR count). The van der Waals surface area contributed by atoms with Crippen LogP contribution in [-0.2, 0) is 0 Å². The van der Waals surface area contributed by atoms with Gasteiger partial charge in [0.15, 0.2) is 11.5 Å². The maximum atomic E-state index is 6.51. The van der Waals surface area contributed by atoms with E-state index in [1.807, 2.05) is 12.1 Å². The molecule has 0 aromatic heterocycles. The topological polar surface area (TPSA) is 47.7 Å². The van der Waals surface area contributed by atoms with Crippen molar-refractivity contribution in [2.75, 3.05) is 26.8 Å². The lowest BCUT2D eigenvalue weighted by molar-refractivity contribution is 0.0926. The van der Waals surface area contributed by atoms with E-state index in [2.05, 4.69) is 17.9 Å². The summed E-state index contributed by atoms with van der Waals surface area (Å²) in [5.74, 6) is 1.97. The number of fused-ring (bicyclic) bond motifs is 1. The van der Waals surface area contributed by atoms with Crippen molar-refractivity contribution in [1.29, 1.82) is 0 Å². The van der Waals surface area contributed by atoms with Gasteiger partial charge in [0.25, 0.3) is 0 Å². The number of hydrogen-bond donors (Lipinski definition) is 1.